The van der Waals surface area contributed by atoms with Crippen molar-refractivity contribution in [2.75, 3.05) is 25.9 Å². The first kappa shape index (κ1) is 19.4. The molecule has 1 aliphatic rings. The number of nitrogens with two attached hydrogens (primary N) is 1. The van der Waals surface area contributed by atoms with Crippen LogP contribution < -0.4 is 5.73 Å². The molecule has 0 aliphatic carbocycles. The van der Waals surface area contributed by atoms with Gasteiger partial charge in [-0.1, -0.05) is 24.0 Å². The lowest BCUT2D eigenvalue weighted by molar-refractivity contribution is -0.137. The van der Waals surface area contributed by atoms with Gasteiger partial charge in [0.05, 0.1) is 12.3 Å². The van der Waals surface area contributed by atoms with Gasteiger partial charge in [0.15, 0.2) is 5.69 Å². The standard InChI is InChI=1S/C21H21N3O4/c1-3-28-19(25)18-13-16(22)12-17(23-18)15-6-4-5-14(11-15)7-8-21(27)9-10-24(2)20(21)26/h4-6,11-13,27H,3,9-10H2,1-2H3,(H2,22,23)/t21-/m0/s1. The van der Waals surface area contributed by atoms with Crippen molar-refractivity contribution in [1.82, 2.24) is 9.88 Å². The number of hydrogen-bond acceptors (Lipinski definition) is 6. The van der Waals surface area contributed by atoms with E-state index in [0.717, 1.165) is 0 Å². The fourth-order valence-corrected chi connectivity index (χ4v) is 2.91. The summed E-state index contributed by atoms with van der Waals surface area (Å²) < 4.78 is 4.98. The quantitative estimate of drug-likeness (QED) is 0.618. The zero-order valence-corrected chi connectivity index (χ0v) is 15.7. The van der Waals surface area contributed by atoms with Gasteiger partial charge in [-0.05, 0) is 31.2 Å². The molecule has 144 valence electrons. The summed E-state index contributed by atoms with van der Waals surface area (Å²) in [5.74, 6) is 4.61. The number of hydrogen-bond donors (Lipinski definition) is 2. The Bertz CT molecular complexity index is 993. The van der Waals surface area contributed by atoms with E-state index < -0.39 is 17.5 Å². The molecule has 0 spiro atoms. The Morgan fingerprint density at radius 3 is 2.86 bits per heavy atom. The fourth-order valence-electron chi connectivity index (χ4n) is 2.91. The molecule has 2 aromatic rings. The van der Waals surface area contributed by atoms with Crippen LogP contribution in [0, 0.1) is 11.8 Å². The lowest BCUT2D eigenvalue weighted by Crippen LogP contribution is -2.37. The average Bonchev–Trinajstić information content (AvgIpc) is 2.94. The second kappa shape index (κ2) is 7.71. The van der Waals surface area contributed by atoms with Gasteiger partial charge >= 0.3 is 5.97 Å². The minimum Gasteiger partial charge on any atom is -0.461 e. The lowest BCUT2D eigenvalue weighted by atomic mass is 10.0. The molecule has 1 aromatic carbocycles. The molecule has 2 heterocycles. The smallest absolute Gasteiger partial charge is 0.357 e. The Hall–Kier alpha value is -3.37. The van der Waals surface area contributed by atoms with E-state index in [1.54, 1.807) is 38.2 Å². The number of benzene rings is 1. The van der Waals surface area contributed by atoms with E-state index in [0.29, 0.717) is 29.1 Å². The highest BCUT2D eigenvalue weighted by molar-refractivity contribution is 5.91. The Morgan fingerprint density at radius 2 is 2.18 bits per heavy atom. The first-order chi connectivity index (χ1) is 13.3. The van der Waals surface area contributed by atoms with Crippen LogP contribution in [0.4, 0.5) is 5.69 Å². The van der Waals surface area contributed by atoms with E-state index >= 15 is 0 Å². The molecule has 3 rings (SSSR count). The predicted molar refractivity (Wildman–Crippen MR) is 104 cm³/mol. The third-order valence-electron chi connectivity index (χ3n) is 4.41. The molecule has 0 bridgehead atoms. The Balaban J connectivity index is 1.92. The van der Waals surface area contributed by atoms with Gasteiger partial charge in [0.1, 0.15) is 0 Å². The number of carbonyl (C=O) groups excluding carboxylic acids is 2. The summed E-state index contributed by atoms with van der Waals surface area (Å²) in [6.45, 7) is 2.43. The number of nitrogens with zero attached hydrogens (tertiary/aromatic N) is 2. The molecule has 0 saturated carbocycles. The normalized spacial score (nSPS) is 18.5. The molecule has 0 unspecified atom stereocenters. The minimum atomic E-state index is -1.66. The van der Waals surface area contributed by atoms with Crippen molar-refractivity contribution in [2.45, 2.75) is 18.9 Å². The maximum absolute atomic E-state index is 12.0. The summed E-state index contributed by atoms with van der Waals surface area (Å²) in [5, 5.41) is 10.4. The Labute approximate surface area is 163 Å². The van der Waals surface area contributed by atoms with E-state index in [1.165, 1.54) is 11.0 Å². The van der Waals surface area contributed by atoms with Gasteiger partial charge in [-0.2, -0.15) is 0 Å². The van der Waals surface area contributed by atoms with Crippen molar-refractivity contribution in [2.24, 2.45) is 0 Å². The number of esters is 1. The molecule has 1 aromatic heterocycles. The maximum atomic E-state index is 12.0. The molecule has 1 aliphatic heterocycles. The average molecular weight is 379 g/mol. The molecular formula is C21H21N3O4. The number of likely N-dealkylation sites (N-methyl/N-ethyl adjacent to an activating group) is 1. The molecule has 28 heavy (non-hydrogen) atoms. The SMILES string of the molecule is CCOC(=O)c1cc(N)cc(-c2cccc(C#C[C@]3(O)CCN(C)C3=O)c2)n1. The highest BCUT2D eigenvalue weighted by Gasteiger charge is 2.42. The highest BCUT2D eigenvalue weighted by Crippen LogP contribution is 2.23. The zero-order valence-electron chi connectivity index (χ0n) is 15.7. The van der Waals surface area contributed by atoms with E-state index in [-0.39, 0.29) is 18.7 Å². The fraction of sp³-hybridized carbons (Fsp3) is 0.286. The van der Waals surface area contributed by atoms with Crippen LogP contribution in [0.3, 0.4) is 0 Å². The number of rotatable bonds is 3. The number of pyridine rings is 1. The van der Waals surface area contributed by atoms with E-state index in [9.17, 15) is 14.7 Å². The van der Waals surface area contributed by atoms with Crippen LogP contribution in [0.1, 0.15) is 29.4 Å². The van der Waals surface area contributed by atoms with E-state index in [4.69, 9.17) is 10.5 Å². The number of aliphatic hydroxyl groups is 1. The van der Waals surface area contributed by atoms with Crippen molar-refractivity contribution in [3.8, 4) is 23.1 Å². The molecule has 1 saturated heterocycles. The first-order valence-electron chi connectivity index (χ1n) is 8.88. The van der Waals surface area contributed by atoms with Gasteiger partial charge in [-0.3, -0.25) is 4.79 Å². The highest BCUT2D eigenvalue weighted by atomic mass is 16.5. The van der Waals surface area contributed by atoms with E-state index in [2.05, 4.69) is 16.8 Å². The number of likely N-dealkylation sites (tertiary alicyclic amines) is 1. The Morgan fingerprint density at radius 1 is 1.39 bits per heavy atom. The van der Waals surface area contributed by atoms with Crippen molar-refractivity contribution >= 4 is 17.6 Å². The molecule has 3 N–H and O–H groups in total. The monoisotopic (exact) mass is 379 g/mol. The second-order valence-corrected chi connectivity index (χ2v) is 6.56. The topological polar surface area (TPSA) is 106 Å². The molecule has 0 radical (unpaired) electrons. The van der Waals surface area contributed by atoms with Gasteiger partial charge in [0.2, 0.25) is 5.60 Å². The number of nitrogen functional groups attached to an aromatic ring is 1. The van der Waals surface area contributed by atoms with Gasteiger partial charge < -0.3 is 20.5 Å². The van der Waals surface area contributed by atoms with Crippen molar-refractivity contribution in [1.29, 1.82) is 0 Å². The van der Waals surface area contributed by atoms with Crippen LogP contribution in [-0.4, -0.2) is 52.7 Å². The van der Waals surface area contributed by atoms with Crippen molar-refractivity contribution in [3.63, 3.8) is 0 Å². The summed E-state index contributed by atoms with van der Waals surface area (Å²) in [6.07, 6.45) is 0.273. The molecule has 1 amide bonds. The summed E-state index contributed by atoms with van der Waals surface area (Å²) in [6, 6.07) is 10.2. The molecule has 1 atom stereocenters. The van der Waals surface area contributed by atoms with Crippen LogP contribution in [0.2, 0.25) is 0 Å². The molecule has 1 fully saturated rings. The third-order valence-corrected chi connectivity index (χ3v) is 4.41. The molecule has 7 nitrogen and oxygen atoms in total. The van der Waals surface area contributed by atoms with Gasteiger partial charge in [0.25, 0.3) is 5.91 Å². The predicted octanol–water partition coefficient (Wildman–Crippen LogP) is 1.45. The number of amides is 1. The van der Waals surface area contributed by atoms with E-state index in [1.807, 2.05) is 6.07 Å². The third kappa shape index (κ3) is 3.97. The molecule has 7 heteroatoms. The number of carbonyl (C=O) groups is 2. The number of ether oxygens (including phenoxy) is 1. The largest absolute Gasteiger partial charge is 0.461 e. The van der Waals surface area contributed by atoms with Crippen molar-refractivity contribution in [3.05, 3.63) is 47.7 Å². The van der Waals surface area contributed by atoms with Gasteiger partial charge in [0, 0.05) is 36.8 Å². The summed E-state index contributed by atoms with van der Waals surface area (Å²) in [7, 11) is 1.63. The number of aromatic nitrogens is 1. The maximum Gasteiger partial charge on any atom is 0.357 e. The second-order valence-electron chi connectivity index (χ2n) is 6.56. The summed E-state index contributed by atoms with van der Waals surface area (Å²) >= 11 is 0. The summed E-state index contributed by atoms with van der Waals surface area (Å²) in [4.78, 5) is 29.8. The van der Waals surface area contributed by atoms with Crippen LogP contribution in [0.5, 0.6) is 0 Å². The van der Waals surface area contributed by atoms with Gasteiger partial charge in [-0.15, -0.1) is 0 Å². The van der Waals surface area contributed by atoms with Crippen LogP contribution in [0.25, 0.3) is 11.3 Å². The first-order valence-corrected chi connectivity index (χ1v) is 8.88. The zero-order chi connectivity index (χ0) is 20.3. The number of anilines is 1. The van der Waals surface area contributed by atoms with Crippen LogP contribution in [0.15, 0.2) is 36.4 Å². The minimum absolute atomic E-state index is 0.127. The van der Waals surface area contributed by atoms with Crippen LogP contribution in [-0.2, 0) is 9.53 Å². The Kier molecular flexibility index (Phi) is 5.34. The summed E-state index contributed by atoms with van der Waals surface area (Å²) in [5.41, 5.74) is 6.57. The van der Waals surface area contributed by atoms with Gasteiger partial charge in [-0.25, -0.2) is 9.78 Å². The molecular weight excluding hydrogens is 358 g/mol. The lowest BCUT2D eigenvalue weighted by Gasteiger charge is -2.13. The van der Waals surface area contributed by atoms with Crippen molar-refractivity contribution < 1.29 is 19.4 Å². The van der Waals surface area contributed by atoms with Crippen LogP contribution >= 0.6 is 0 Å².